The molecule has 23 heavy (non-hydrogen) atoms. The smallest absolute Gasteiger partial charge is 0.453 e. The summed E-state index contributed by atoms with van der Waals surface area (Å²) in [5.41, 5.74) is 0.209. The Morgan fingerprint density at radius 1 is 1.43 bits per heavy atom. The van der Waals surface area contributed by atoms with Crippen molar-refractivity contribution in [2.45, 2.75) is 18.8 Å². The van der Waals surface area contributed by atoms with Crippen LogP contribution in [0.15, 0.2) is 18.6 Å². The molecule has 0 aliphatic carbocycles. The van der Waals surface area contributed by atoms with Gasteiger partial charge in [0.15, 0.2) is 6.04 Å². The minimum atomic E-state index is -4.72. The molecule has 2 N–H and O–H groups in total. The summed E-state index contributed by atoms with van der Waals surface area (Å²) >= 11 is 0. The Balaban J connectivity index is 2.07. The first-order valence-electron chi connectivity index (χ1n) is 6.15. The van der Waals surface area contributed by atoms with Gasteiger partial charge in [-0.25, -0.2) is 14.5 Å². The van der Waals surface area contributed by atoms with E-state index in [0.29, 0.717) is 4.68 Å². The second kappa shape index (κ2) is 6.06. The van der Waals surface area contributed by atoms with Gasteiger partial charge in [-0.1, -0.05) is 0 Å². The predicted molar refractivity (Wildman–Crippen MR) is 66.8 cm³/mol. The summed E-state index contributed by atoms with van der Waals surface area (Å²) in [5, 5.41) is 18.2. The van der Waals surface area contributed by atoms with Gasteiger partial charge in [0.2, 0.25) is 5.91 Å². The third kappa shape index (κ3) is 3.84. The lowest BCUT2D eigenvalue weighted by Crippen LogP contribution is -2.37. The highest BCUT2D eigenvalue weighted by Crippen LogP contribution is 2.25. The Kier molecular flexibility index (Phi) is 4.33. The second-order valence-electron chi connectivity index (χ2n) is 4.48. The van der Waals surface area contributed by atoms with Crippen LogP contribution in [0.2, 0.25) is 0 Å². The van der Waals surface area contributed by atoms with Gasteiger partial charge in [-0.2, -0.15) is 18.3 Å². The van der Waals surface area contributed by atoms with Crippen LogP contribution in [0.1, 0.15) is 17.6 Å². The Hall–Kier alpha value is -2.92. The fourth-order valence-corrected chi connectivity index (χ4v) is 1.78. The van der Waals surface area contributed by atoms with Gasteiger partial charge in [0.25, 0.3) is 5.82 Å². The van der Waals surface area contributed by atoms with Crippen LogP contribution < -0.4 is 5.32 Å². The standard InChI is InChI=1S/C11H11F3N6O3/c1-19-6(2-3-16-19)8(9(22)23)17-7(21)4-20-5-15-10(18-20)11(12,13)14/h2-3,5,8H,4H2,1H3,(H,17,21)(H,22,23). The van der Waals surface area contributed by atoms with Crippen molar-refractivity contribution in [2.75, 3.05) is 0 Å². The van der Waals surface area contributed by atoms with Gasteiger partial charge in [-0.05, 0) is 6.07 Å². The molecule has 1 amide bonds. The fourth-order valence-electron chi connectivity index (χ4n) is 1.78. The first kappa shape index (κ1) is 16.5. The van der Waals surface area contributed by atoms with Crippen molar-refractivity contribution in [1.29, 1.82) is 0 Å². The Labute approximate surface area is 126 Å². The zero-order chi connectivity index (χ0) is 17.2. The number of nitrogens with one attached hydrogen (secondary N) is 1. The van der Waals surface area contributed by atoms with Crippen LogP contribution in [0.4, 0.5) is 13.2 Å². The van der Waals surface area contributed by atoms with E-state index in [1.807, 2.05) is 0 Å². The summed E-state index contributed by atoms with van der Waals surface area (Å²) in [5.74, 6) is -3.56. The Bertz CT molecular complexity index is 723. The highest BCUT2D eigenvalue weighted by Gasteiger charge is 2.36. The summed E-state index contributed by atoms with van der Waals surface area (Å²) in [6, 6.07) is 0.0108. The van der Waals surface area contributed by atoms with E-state index < -0.39 is 36.5 Å². The van der Waals surface area contributed by atoms with E-state index in [2.05, 4.69) is 20.5 Å². The highest BCUT2D eigenvalue weighted by atomic mass is 19.4. The van der Waals surface area contributed by atoms with Crippen molar-refractivity contribution in [3.8, 4) is 0 Å². The maximum Gasteiger partial charge on any atom is 0.453 e. The lowest BCUT2D eigenvalue weighted by atomic mass is 10.2. The average Bonchev–Trinajstić information content (AvgIpc) is 3.04. The molecule has 9 nitrogen and oxygen atoms in total. The Morgan fingerprint density at radius 3 is 2.61 bits per heavy atom. The fraction of sp³-hybridized carbons (Fsp3) is 0.364. The number of alkyl halides is 3. The quantitative estimate of drug-likeness (QED) is 0.795. The van der Waals surface area contributed by atoms with Crippen molar-refractivity contribution in [3.63, 3.8) is 0 Å². The number of halogens is 3. The monoisotopic (exact) mass is 332 g/mol. The lowest BCUT2D eigenvalue weighted by molar-refractivity contribution is -0.145. The van der Waals surface area contributed by atoms with E-state index in [1.165, 1.54) is 24.0 Å². The van der Waals surface area contributed by atoms with Crippen LogP contribution in [0.5, 0.6) is 0 Å². The molecule has 0 saturated carbocycles. The van der Waals surface area contributed by atoms with E-state index in [9.17, 15) is 22.8 Å². The van der Waals surface area contributed by atoms with Crippen LogP contribution in [0.25, 0.3) is 0 Å². The number of nitrogens with zero attached hydrogens (tertiary/aromatic N) is 5. The van der Waals surface area contributed by atoms with Gasteiger partial charge >= 0.3 is 12.1 Å². The summed E-state index contributed by atoms with van der Waals surface area (Å²) in [6.07, 6.45) is -2.63. The number of aromatic nitrogens is 5. The molecule has 2 rings (SSSR count). The van der Waals surface area contributed by atoms with Crippen molar-refractivity contribution >= 4 is 11.9 Å². The number of aryl methyl sites for hydroxylation is 1. The summed E-state index contributed by atoms with van der Waals surface area (Å²) in [4.78, 5) is 26.1. The lowest BCUT2D eigenvalue weighted by Gasteiger charge is -2.14. The minimum Gasteiger partial charge on any atom is -0.479 e. The molecule has 2 aromatic rings. The maximum absolute atomic E-state index is 12.4. The van der Waals surface area contributed by atoms with E-state index in [0.717, 1.165) is 6.33 Å². The topological polar surface area (TPSA) is 115 Å². The molecule has 2 aromatic heterocycles. The summed E-state index contributed by atoms with van der Waals surface area (Å²) < 4.78 is 39.0. The van der Waals surface area contributed by atoms with Gasteiger partial charge < -0.3 is 10.4 Å². The summed E-state index contributed by atoms with van der Waals surface area (Å²) in [6.45, 7) is -0.606. The molecule has 0 radical (unpaired) electrons. The number of carbonyl (C=O) groups excluding carboxylic acids is 1. The molecule has 0 spiro atoms. The van der Waals surface area contributed by atoms with Crippen LogP contribution in [-0.4, -0.2) is 41.5 Å². The number of carboxylic acids is 1. The third-order valence-corrected chi connectivity index (χ3v) is 2.80. The van der Waals surface area contributed by atoms with Crippen molar-refractivity contribution in [1.82, 2.24) is 29.9 Å². The zero-order valence-electron chi connectivity index (χ0n) is 11.7. The van der Waals surface area contributed by atoms with Crippen molar-refractivity contribution < 1.29 is 27.9 Å². The zero-order valence-corrected chi connectivity index (χ0v) is 11.7. The number of amides is 1. The molecule has 0 aromatic carbocycles. The minimum absolute atomic E-state index is 0.209. The average molecular weight is 332 g/mol. The molecule has 0 bridgehead atoms. The van der Waals surface area contributed by atoms with Gasteiger partial charge in [-0.15, -0.1) is 5.10 Å². The van der Waals surface area contributed by atoms with E-state index in [4.69, 9.17) is 5.11 Å². The molecule has 0 aliphatic heterocycles. The first-order valence-corrected chi connectivity index (χ1v) is 6.15. The molecule has 0 aliphatic rings. The molecule has 124 valence electrons. The number of carboxylic acid groups (broad SMARTS) is 1. The van der Waals surface area contributed by atoms with Crippen LogP contribution in [-0.2, 0) is 29.4 Å². The van der Waals surface area contributed by atoms with Gasteiger partial charge in [0.1, 0.15) is 12.9 Å². The Morgan fingerprint density at radius 2 is 2.13 bits per heavy atom. The highest BCUT2D eigenvalue weighted by molar-refractivity contribution is 5.84. The number of hydrogen-bond acceptors (Lipinski definition) is 5. The molecule has 12 heteroatoms. The summed E-state index contributed by atoms with van der Waals surface area (Å²) in [7, 11) is 1.49. The van der Waals surface area contributed by atoms with E-state index in [1.54, 1.807) is 0 Å². The van der Waals surface area contributed by atoms with Crippen LogP contribution in [0, 0.1) is 0 Å². The maximum atomic E-state index is 12.4. The van der Waals surface area contributed by atoms with Gasteiger partial charge in [0, 0.05) is 13.2 Å². The third-order valence-electron chi connectivity index (χ3n) is 2.80. The molecule has 1 unspecified atom stereocenters. The van der Waals surface area contributed by atoms with E-state index in [-0.39, 0.29) is 5.69 Å². The van der Waals surface area contributed by atoms with Crippen LogP contribution >= 0.6 is 0 Å². The normalized spacial score (nSPS) is 12.9. The van der Waals surface area contributed by atoms with Crippen molar-refractivity contribution in [2.24, 2.45) is 7.05 Å². The first-order chi connectivity index (χ1) is 10.7. The number of carbonyl (C=O) groups is 2. The second-order valence-corrected chi connectivity index (χ2v) is 4.48. The molecular weight excluding hydrogens is 321 g/mol. The number of hydrogen-bond donors (Lipinski definition) is 2. The van der Waals surface area contributed by atoms with Gasteiger partial charge in [0.05, 0.1) is 5.69 Å². The molecule has 1 atom stereocenters. The molecule has 2 heterocycles. The number of rotatable bonds is 5. The van der Waals surface area contributed by atoms with Crippen molar-refractivity contribution in [3.05, 3.63) is 30.1 Å². The van der Waals surface area contributed by atoms with E-state index >= 15 is 0 Å². The van der Waals surface area contributed by atoms with Crippen LogP contribution in [0.3, 0.4) is 0 Å². The largest absolute Gasteiger partial charge is 0.479 e. The number of aliphatic carboxylic acids is 1. The SMILES string of the molecule is Cn1nccc1C(NC(=O)Cn1cnc(C(F)(F)F)n1)C(=O)O. The van der Waals surface area contributed by atoms with Gasteiger partial charge in [-0.3, -0.25) is 9.48 Å². The molecular formula is C11H11F3N6O3. The molecule has 0 fully saturated rings. The predicted octanol–water partition coefficient (Wildman–Crippen LogP) is -0.0275. The molecule has 0 saturated heterocycles.